The molecule has 1 saturated carbocycles. The van der Waals surface area contributed by atoms with Gasteiger partial charge in [-0.1, -0.05) is 37.6 Å². The van der Waals surface area contributed by atoms with E-state index in [9.17, 15) is 14.4 Å². The monoisotopic (exact) mass is 693 g/mol. The van der Waals surface area contributed by atoms with E-state index in [-0.39, 0.29) is 65.0 Å². The molecule has 3 fully saturated rings. The maximum absolute atomic E-state index is 14.8. The maximum atomic E-state index is 14.8. The van der Waals surface area contributed by atoms with Crippen molar-refractivity contribution in [3.8, 4) is 0 Å². The Labute approximate surface area is 295 Å². The minimum absolute atomic E-state index is 0. The van der Waals surface area contributed by atoms with Gasteiger partial charge in [0.05, 0.1) is 17.4 Å². The van der Waals surface area contributed by atoms with Gasteiger partial charge in [0, 0.05) is 62.8 Å². The number of benzene rings is 1. The van der Waals surface area contributed by atoms with E-state index in [1.807, 2.05) is 57.1 Å². The lowest BCUT2D eigenvalue weighted by molar-refractivity contribution is -0.148. The summed E-state index contributed by atoms with van der Waals surface area (Å²) in [6.45, 7) is 17.6. The minimum atomic E-state index is -0.604. The molecule has 1 aliphatic carbocycles. The van der Waals surface area contributed by atoms with Gasteiger partial charge in [-0.3, -0.25) is 19.3 Å². The zero-order valence-electron chi connectivity index (χ0n) is 30.8. The highest BCUT2D eigenvalue weighted by atomic mass is 35.5. The fraction of sp³-hybridized carbons (Fsp3) is 0.757. The number of nitrogens with zero attached hydrogens (tertiary/aromatic N) is 5. The zero-order chi connectivity index (χ0) is 34.4. The second-order valence-electron chi connectivity index (χ2n) is 17.2. The molecule has 8 nitrogen and oxygen atoms in total. The van der Waals surface area contributed by atoms with Crippen LogP contribution in [0.4, 0.5) is 0 Å². The molecule has 0 radical (unpaired) electrons. The third kappa shape index (κ3) is 9.03. The van der Waals surface area contributed by atoms with E-state index in [4.69, 9.17) is 11.6 Å². The quantitative estimate of drug-likeness (QED) is 0.333. The molecule has 4 rings (SSSR count). The predicted octanol–water partition coefficient (Wildman–Crippen LogP) is 6.02. The Hall–Kier alpha value is -1.87. The largest absolute Gasteiger partial charge is 0.347 e. The number of carbonyl (C=O) groups is 3. The van der Waals surface area contributed by atoms with Gasteiger partial charge < -0.3 is 19.6 Å². The Morgan fingerprint density at radius 2 is 1.47 bits per heavy atom. The molecule has 0 N–H and O–H groups in total. The lowest BCUT2D eigenvalue weighted by Gasteiger charge is -2.45. The molecule has 2 aliphatic heterocycles. The van der Waals surface area contributed by atoms with E-state index in [0.29, 0.717) is 31.1 Å². The fourth-order valence-corrected chi connectivity index (χ4v) is 8.28. The first-order valence-corrected chi connectivity index (χ1v) is 17.6. The number of likely N-dealkylation sites (N-methyl/N-ethyl adjacent to an activating group) is 1. The van der Waals surface area contributed by atoms with E-state index in [1.165, 1.54) is 0 Å². The Bertz CT molecular complexity index is 1250. The fourth-order valence-electron chi connectivity index (χ4n) is 8.15. The standard InChI is InChI=1S/C37H60ClN5O3.ClH/c1-35(2,3)41-22-29(25-12-14-26(38)15-13-25)30(23-41)32(44)42-21-28(20-31(42)33(45)40(10)11)43(27-16-18-36(4,5)19-17-27)34(46)37(6,7)24-39(8)9;/h12-15,27-31H,16-24H2,1-11H3;1H/t28-,29-,30+,31-;/m0./s1. The van der Waals surface area contributed by atoms with Crippen LogP contribution in [0, 0.1) is 16.7 Å². The van der Waals surface area contributed by atoms with Crippen LogP contribution in [0.2, 0.25) is 5.02 Å². The van der Waals surface area contributed by atoms with Gasteiger partial charge in [-0.15, -0.1) is 12.4 Å². The highest BCUT2D eigenvalue weighted by Gasteiger charge is 2.51. The number of likely N-dealkylation sites (tertiary alicyclic amines) is 2. The Kier molecular flexibility index (Phi) is 12.6. The summed E-state index contributed by atoms with van der Waals surface area (Å²) in [5.41, 5.74) is 0.631. The second-order valence-corrected chi connectivity index (χ2v) is 17.6. The normalized spacial score (nSPS) is 25.5. The van der Waals surface area contributed by atoms with Crippen LogP contribution in [0.25, 0.3) is 0 Å². The molecule has 266 valence electrons. The highest BCUT2D eigenvalue weighted by Crippen LogP contribution is 2.42. The van der Waals surface area contributed by atoms with Crippen LogP contribution in [0.15, 0.2) is 24.3 Å². The van der Waals surface area contributed by atoms with E-state index >= 15 is 0 Å². The molecule has 3 aliphatic rings. The molecule has 3 amide bonds. The highest BCUT2D eigenvalue weighted by molar-refractivity contribution is 6.30. The Balaban J connectivity index is 0.00000600. The summed E-state index contributed by atoms with van der Waals surface area (Å²) in [6, 6.07) is 7.14. The average molecular weight is 695 g/mol. The molecule has 0 bridgehead atoms. The maximum Gasteiger partial charge on any atom is 0.244 e. The van der Waals surface area contributed by atoms with Crippen LogP contribution in [0.3, 0.4) is 0 Å². The van der Waals surface area contributed by atoms with Crippen molar-refractivity contribution >= 4 is 41.7 Å². The van der Waals surface area contributed by atoms with Crippen molar-refractivity contribution in [1.82, 2.24) is 24.5 Å². The van der Waals surface area contributed by atoms with E-state index in [1.54, 1.807) is 19.0 Å². The summed E-state index contributed by atoms with van der Waals surface area (Å²) in [5, 5.41) is 0.671. The van der Waals surface area contributed by atoms with Gasteiger partial charge in [-0.05, 0) is 104 Å². The third-order valence-corrected chi connectivity index (χ3v) is 11.0. The van der Waals surface area contributed by atoms with Crippen molar-refractivity contribution in [2.24, 2.45) is 16.7 Å². The van der Waals surface area contributed by atoms with Gasteiger partial charge >= 0.3 is 0 Å². The molecule has 47 heavy (non-hydrogen) atoms. The number of halogens is 2. The molecule has 0 spiro atoms. The number of hydrogen-bond acceptors (Lipinski definition) is 5. The van der Waals surface area contributed by atoms with Gasteiger partial charge in [-0.25, -0.2) is 0 Å². The summed E-state index contributed by atoms with van der Waals surface area (Å²) < 4.78 is 0. The molecule has 10 heteroatoms. The van der Waals surface area contributed by atoms with Crippen LogP contribution < -0.4 is 0 Å². The molecule has 1 aromatic carbocycles. The van der Waals surface area contributed by atoms with E-state index in [2.05, 4.69) is 49.3 Å². The summed E-state index contributed by atoms with van der Waals surface area (Å²) in [5.74, 6) is -0.259. The third-order valence-electron chi connectivity index (χ3n) is 10.8. The van der Waals surface area contributed by atoms with Crippen molar-refractivity contribution < 1.29 is 14.4 Å². The van der Waals surface area contributed by atoms with E-state index < -0.39 is 11.5 Å². The predicted molar refractivity (Wildman–Crippen MR) is 194 cm³/mol. The van der Waals surface area contributed by atoms with Crippen molar-refractivity contribution in [3.63, 3.8) is 0 Å². The molecule has 2 saturated heterocycles. The van der Waals surface area contributed by atoms with Crippen molar-refractivity contribution in [1.29, 1.82) is 0 Å². The van der Waals surface area contributed by atoms with E-state index in [0.717, 1.165) is 37.8 Å². The first kappa shape index (κ1) is 39.6. The lowest BCUT2D eigenvalue weighted by Crippen LogP contribution is -2.56. The summed E-state index contributed by atoms with van der Waals surface area (Å²) in [4.78, 5) is 53.3. The number of amides is 3. The molecule has 0 aromatic heterocycles. The SMILES string of the molecule is CN(C)CC(C)(C)C(=O)N(C1CCC(C)(C)CC1)[C@H]1C[C@@H](C(=O)N(C)C)N(C(=O)[C@@H]2CN(C(C)(C)C)C[C@H]2c2ccc(Cl)cc2)C1.Cl. The first-order valence-electron chi connectivity index (χ1n) is 17.2. The number of carbonyl (C=O) groups excluding carboxylic acids is 3. The van der Waals surface area contributed by atoms with Crippen LogP contribution in [-0.4, -0.2) is 120 Å². The topological polar surface area (TPSA) is 67.4 Å². The van der Waals surface area contributed by atoms with Crippen LogP contribution in [-0.2, 0) is 14.4 Å². The smallest absolute Gasteiger partial charge is 0.244 e. The van der Waals surface area contributed by atoms with Crippen molar-refractivity contribution in [3.05, 3.63) is 34.9 Å². The zero-order valence-corrected chi connectivity index (χ0v) is 32.4. The molecule has 1 aromatic rings. The Morgan fingerprint density at radius 3 is 1.98 bits per heavy atom. The van der Waals surface area contributed by atoms with Gasteiger partial charge in [0.2, 0.25) is 17.7 Å². The average Bonchev–Trinajstić information content (AvgIpc) is 3.59. The molecule has 2 heterocycles. The van der Waals surface area contributed by atoms with Crippen LogP contribution >= 0.6 is 24.0 Å². The number of rotatable bonds is 8. The van der Waals surface area contributed by atoms with Gasteiger partial charge in [-0.2, -0.15) is 0 Å². The molecule has 0 unspecified atom stereocenters. The minimum Gasteiger partial charge on any atom is -0.347 e. The molecular weight excluding hydrogens is 633 g/mol. The van der Waals surface area contributed by atoms with Crippen molar-refractivity contribution in [2.45, 2.75) is 110 Å². The summed E-state index contributed by atoms with van der Waals surface area (Å²) >= 11 is 6.25. The van der Waals surface area contributed by atoms with Gasteiger partial charge in [0.25, 0.3) is 0 Å². The summed E-state index contributed by atoms with van der Waals surface area (Å²) in [6.07, 6.45) is 4.45. The Morgan fingerprint density at radius 1 is 0.894 bits per heavy atom. The first-order chi connectivity index (χ1) is 21.2. The second kappa shape index (κ2) is 14.9. The molecular formula is C37H61Cl2N5O3. The number of hydrogen-bond donors (Lipinski definition) is 0. The van der Waals surface area contributed by atoms with Crippen LogP contribution in [0.5, 0.6) is 0 Å². The lowest BCUT2D eigenvalue weighted by atomic mass is 9.74. The summed E-state index contributed by atoms with van der Waals surface area (Å²) in [7, 11) is 7.53. The van der Waals surface area contributed by atoms with Crippen LogP contribution in [0.1, 0.15) is 92.1 Å². The van der Waals surface area contributed by atoms with Gasteiger partial charge in [0.15, 0.2) is 0 Å². The molecule has 4 atom stereocenters. The van der Waals surface area contributed by atoms with Gasteiger partial charge in [0.1, 0.15) is 6.04 Å². The van der Waals surface area contributed by atoms with Crippen molar-refractivity contribution in [2.75, 3.05) is 54.4 Å².